The van der Waals surface area contributed by atoms with Crippen LogP contribution in [0.2, 0.25) is 44.3 Å². The van der Waals surface area contributed by atoms with Gasteiger partial charge in [0.05, 0.1) is 16.6 Å². The molecule has 54 heavy (non-hydrogen) atoms. The third kappa shape index (κ3) is 9.02. The maximum absolute atomic E-state index is 14.7. The van der Waals surface area contributed by atoms with Gasteiger partial charge in [0.25, 0.3) is 20.3 Å². The van der Waals surface area contributed by atoms with Gasteiger partial charge in [0.1, 0.15) is 12.7 Å². The molecule has 0 aromatic carbocycles. The molecule has 316 valence electrons. The molecule has 0 unspecified atom stereocenters. The second kappa shape index (κ2) is 18.3. The number of halogens is 3. The van der Waals surface area contributed by atoms with E-state index in [1.165, 1.54) is 0 Å². The van der Waals surface area contributed by atoms with Crippen molar-refractivity contribution in [3.63, 3.8) is 0 Å². The second-order valence-electron chi connectivity index (χ2n) is 17.6. The van der Waals surface area contributed by atoms with E-state index in [9.17, 15) is 36.3 Å². The van der Waals surface area contributed by atoms with Gasteiger partial charge in [0, 0.05) is 12.3 Å². The quantitative estimate of drug-likeness (QED) is 0.0836. The van der Waals surface area contributed by atoms with E-state index in [1.807, 2.05) is 32.7 Å². The van der Waals surface area contributed by atoms with Crippen LogP contribution in [0.5, 0.6) is 0 Å². The molecular weight excluding hydrogens is 798 g/mol. The van der Waals surface area contributed by atoms with E-state index in [0.717, 1.165) is 12.3 Å². The molecule has 0 bridgehead atoms. The molecule has 1 saturated heterocycles. The summed E-state index contributed by atoms with van der Waals surface area (Å²) in [6.07, 6.45) is -5.92. The molecule has 1 aliphatic rings. The summed E-state index contributed by atoms with van der Waals surface area (Å²) in [5, 5.41) is 12.2. The van der Waals surface area contributed by atoms with Gasteiger partial charge >= 0.3 is 11.2 Å². The van der Waals surface area contributed by atoms with Gasteiger partial charge in [0.2, 0.25) is 15.7 Å². The van der Waals surface area contributed by atoms with Gasteiger partial charge in [-0.2, -0.15) is 13.2 Å². The Balaban J connectivity index is 2.93. The lowest BCUT2D eigenvalue weighted by molar-refractivity contribution is -0.300. The van der Waals surface area contributed by atoms with Crippen molar-refractivity contribution in [2.45, 2.75) is 184 Å². The van der Waals surface area contributed by atoms with Gasteiger partial charge in [-0.25, -0.2) is 23.0 Å². The monoisotopic (exact) mass is 864 g/mol. The molecular formula is C34H67F3N2O10SSi4. The first-order valence-electron chi connectivity index (χ1n) is 19.2. The van der Waals surface area contributed by atoms with Crippen LogP contribution < -0.4 is 11.2 Å². The summed E-state index contributed by atoms with van der Waals surface area (Å²) in [4.78, 5) is 35.0. The number of hydrogen-bond acceptors (Lipinski definition) is 10. The van der Waals surface area contributed by atoms with Crippen molar-refractivity contribution < 1.29 is 50.4 Å². The number of aromatic amines is 1. The van der Waals surface area contributed by atoms with Crippen LogP contribution in [-0.2, 0) is 33.5 Å². The predicted molar refractivity (Wildman–Crippen MR) is 215 cm³/mol. The Morgan fingerprint density at radius 1 is 0.815 bits per heavy atom. The van der Waals surface area contributed by atoms with Crippen molar-refractivity contribution in [3.05, 3.63) is 33.1 Å². The van der Waals surface area contributed by atoms with Crippen LogP contribution >= 0.6 is 0 Å². The van der Waals surface area contributed by atoms with E-state index in [0.29, 0.717) is 15.6 Å². The normalized spacial score (nSPS) is 22.4. The number of hydrogen-bond donors (Lipinski definition) is 2. The highest BCUT2D eigenvalue weighted by atomic mass is 32.2. The van der Waals surface area contributed by atoms with Crippen molar-refractivity contribution in [2.75, 3.05) is 6.61 Å². The van der Waals surface area contributed by atoms with E-state index >= 15 is 0 Å². The van der Waals surface area contributed by atoms with Gasteiger partial charge in [-0.15, -0.1) is 0 Å². The lowest BCUT2D eigenvalue weighted by Gasteiger charge is -2.47. The first-order chi connectivity index (χ1) is 24.5. The zero-order chi connectivity index (χ0) is 42.1. The van der Waals surface area contributed by atoms with Crippen LogP contribution in [0.3, 0.4) is 0 Å². The molecule has 0 saturated carbocycles. The number of rotatable bonds is 19. The Kier molecular flexibility index (Phi) is 16.7. The second-order valence-corrected chi connectivity index (χ2v) is 44.9. The third-order valence-electron chi connectivity index (χ3n) is 11.5. The van der Waals surface area contributed by atoms with E-state index in [-0.39, 0.29) is 33.2 Å². The number of nitrogens with one attached hydrogen (secondary N) is 1. The van der Waals surface area contributed by atoms with E-state index < -0.39 is 88.9 Å². The molecule has 0 aliphatic carbocycles. The predicted octanol–water partition coefficient (Wildman–Crippen LogP) is 7.10. The maximum atomic E-state index is 14.7. The summed E-state index contributed by atoms with van der Waals surface area (Å²) < 4.78 is 90.9. The number of H-pyrrole nitrogens is 1. The van der Waals surface area contributed by atoms with E-state index in [2.05, 4.69) is 83.1 Å². The van der Waals surface area contributed by atoms with Crippen LogP contribution in [0.1, 0.15) is 117 Å². The highest BCUT2D eigenvalue weighted by molar-refractivity contribution is 7.93. The molecule has 1 fully saturated rings. The van der Waals surface area contributed by atoms with Crippen LogP contribution in [0.15, 0.2) is 21.9 Å². The number of aliphatic hydroxyl groups is 1. The van der Waals surface area contributed by atoms with E-state index in [4.69, 9.17) is 23.7 Å². The average molecular weight is 865 g/mol. The Hall–Kier alpha value is -0.952. The molecule has 20 heteroatoms. The van der Waals surface area contributed by atoms with Gasteiger partial charge in [0.15, 0.2) is 12.3 Å². The molecule has 1 aromatic rings. The van der Waals surface area contributed by atoms with Crippen LogP contribution in [-0.4, -0.2) is 84.6 Å². The Morgan fingerprint density at radius 3 is 1.57 bits per heavy atom. The first-order valence-corrected chi connectivity index (χ1v) is 31.1. The van der Waals surface area contributed by atoms with Crippen LogP contribution in [0.25, 0.3) is 0 Å². The fraction of sp³-hybridized carbons (Fsp3) is 0.882. The molecule has 1 aliphatic heterocycles. The van der Waals surface area contributed by atoms with Crippen molar-refractivity contribution >= 4 is 42.1 Å². The number of nitrogens with zero attached hydrogens (tertiary/aromatic N) is 1. The smallest absolute Gasteiger partial charge is 0.368 e. The SMILES string of the molecule is CC(C)[SiH](C(C)C)[Si](OOC[C@H]1O[C@@H](n2ccc(=O)[nH]c2=O)[C@](O)(S(=O)(=O)C(F)(F)F)[C@@H]1OO[Si](C(C)C)(C(C)C)[SiH](C(C)C)C(C)C)(C(C)C)C(C)C. The number of sulfone groups is 1. The minimum atomic E-state index is -6.64. The Morgan fingerprint density at radius 2 is 1.22 bits per heavy atom. The maximum Gasteiger partial charge on any atom is 0.500 e. The lowest BCUT2D eigenvalue weighted by atomic mass is 10.1. The lowest BCUT2D eigenvalue weighted by Crippen LogP contribution is -2.64. The summed E-state index contributed by atoms with van der Waals surface area (Å²) in [6, 6.07) is 0.801. The topological polar surface area (TPSA) is 155 Å². The van der Waals surface area contributed by atoms with Crippen molar-refractivity contribution in [1.29, 1.82) is 0 Å². The summed E-state index contributed by atoms with van der Waals surface area (Å²) in [5.74, 6) is 0. The fourth-order valence-corrected chi connectivity index (χ4v) is 48.3. The molecule has 12 nitrogen and oxygen atoms in total. The molecule has 0 spiro atoms. The number of ether oxygens (including phenoxy) is 1. The zero-order valence-corrected chi connectivity index (χ0v) is 40.1. The minimum absolute atomic E-state index is 0.0755. The summed E-state index contributed by atoms with van der Waals surface area (Å²) in [7, 11) is -16.2. The molecule has 1 aromatic heterocycles. The first kappa shape index (κ1) is 49.2. The molecule has 2 rings (SSSR count). The highest BCUT2D eigenvalue weighted by Gasteiger charge is 2.74. The number of alkyl halides is 3. The van der Waals surface area contributed by atoms with Gasteiger partial charge < -0.3 is 9.84 Å². The Bertz CT molecular complexity index is 1570. The van der Waals surface area contributed by atoms with E-state index in [1.54, 1.807) is 0 Å². The van der Waals surface area contributed by atoms with Crippen molar-refractivity contribution in [1.82, 2.24) is 9.55 Å². The fourth-order valence-electron chi connectivity index (χ4n) is 9.68. The molecule has 2 heterocycles. The molecule has 4 atom stereocenters. The summed E-state index contributed by atoms with van der Waals surface area (Å²) >= 11 is 0. The van der Waals surface area contributed by atoms with Crippen LogP contribution in [0, 0.1) is 0 Å². The summed E-state index contributed by atoms with van der Waals surface area (Å²) in [6.45, 7) is 32.4. The van der Waals surface area contributed by atoms with Gasteiger partial charge in [-0.1, -0.05) is 133 Å². The summed E-state index contributed by atoms with van der Waals surface area (Å²) in [5.41, 5.74) is -7.36. The highest BCUT2D eigenvalue weighted by Crippen LogP contribution is 2.51. The van der Waals surface area contributed by atoms with Crippen molar-refractivity contribution in [3.8, 4) is 0 Å². The minimum Gasteiger partial charge on any atom is -0.368 e. The van der Waals surface area contributed by atoms with Crippen LogP contribution in [0.4, 0.5) is 13.2 Å². The standard InChI is InChI=1S/C34H67F3N2O10SSi4/c1-20(2)51(21(3)4)53(24(9)10,25(11)12)48-45-19-28-30(47-49-54(26(13)14,27(15)16)52(22(5)6)23(7)8)33(42,50(43,44)34(35,36)37)31(46-28)39-18-17-29(40)38-32(39)41/h17-18,20-28,30-31,42,51-52H,19H2,1-16H3,(H,38,40,41)/t28-,30-,31-,33-/m1/s1. The van der Waals surface area contributed by atoms with Crippen molar-refractivity contribution in [2.24, 2.45) is 0 Å². The largest absolute Gasteiger partial charge is 0.500 e. The van der Waals surface area contributed by atoms with Gasteiger partial charge in [-0.05, 0) is 22.2 Å². The molecule has 0 radical (unpaired) electrons. The molecule has 0 amide bonds. The molecule has 2 N–H and O–H groups in total. The average Bonchev–Trinajstić information content (AvgIpc) is 3.28. The van der Waals surface area contributed by atoms with Gasteiger partial charge in [-0.3, -0.25) is 23.5 Å². The third-order valence-corrected chi connectivity index (χ3v) is 52.1. The zero-order valence-electron chi connectivity index (χ0n) is 35.0. The Labute approximate surface area is 324 Å². The number of aromatic nitrogens is 2.